The number of carboxylic acids is 1. The lowest BCUT2D eigenvalue weighted by Crippen LogP contribution is -2.29. The standard InChI is InChI=1S/C15H16N2O4S/c18-13-6-17(5-11-8-22-9-16-11)7-14(13)21-12-3-1-10(2-4-12)15(19)20/h1-4,8-9,13-14,18H,5-7H2,(H,19,20)/t13-,14-/m1/s1. The first-order valence-corrected chi connectivity index (χ1v) is 7.83. The number of β-amino-alcohol motifs (C(OH)–C–C–N with tert-alkyl or cyclic N) is 1. The molecule has 22 heavy (non-hydrogen) atoms. The summed E-state index contributed by atoms with van der Waals surface area (Å²) in [5.41, 5.74) is 2.99. The van der Waals surface area contributed by atoms with E-state index in [0.717, 1.165) is 5.69 Å². The molecular formula is C15H16N2O4S. The molecule has 2 N–H and O–H groups in total. The molecule has 7 heteroatoms. The molecule has 1 fully saturated rings. The molecule has 1 aliphatic heterocycles. The van der Waals surface area contributed by atoms with Gasteiger partial charge in [-0.15, -0.1) is 11.3 Å². The number of rotatable bonds is 5. The van der Waals surface area contributed by atoms with Crippen LogP contribution in [0.2, 0.25) is 0 Å². The van der Waals surface area contributed by atoms with Gasteiger partial charge in [0.05, 0.1) is 16.8 Å². The highest BCUT2D eigenvalue weighted by molar-refractivity contribution is 7.07. The summed E-state index contributed by atoms with van der Waals surface area (Å²) in [6, 6.07) is 6.20. The minimum Gasteiger partial charge on any atom is -0.486 e. The van der Waals surface area contributed by atoms with Crippen LogP contribution in [0.1, 0.15) is 16.1 Å². The number of carboxylic acid groups (broad SMARTS) is 1. The molecular weight excluding hydrogens is 304 g/mol. The smallest absolute Gasteiger partial charge is 0.335 e. The van der Waals surface area contributed by atoms with Gasteiger partial charge in [-0.3, -0.25) is 4.90 Å². The van der Waals surface area contributed by atoms with E-state index in [4.69, 9.17) is 9.84 Å². The van der Waals surface area contributed by atoms with Crippen molar-refractivity contribution in [3.63, 3.8) is 0 Å². The van der Waals surface area contributed by atoms with Crippen molar-refractivity contribution in [2.75, 3.05) is 13.1 Å². The number of carbonyl (C=O) groups is 1. The maximum atomic E-state index is 10.8. The van der Waals surface area contributed by atoms with Crippen LogP contribution in [0, 0.1) is 0 Å². The lowest BCUT2D eigenvalue weighted by atomic mass is 10.2. The summed E-state index contributed by atoms with van der Waals surface area (Å²) in [5.74, 6) is -0.411. The average Bonchev–Trinajstić information content (AvgIpc) is 3.11. The van der Waals surface area contributed by atoms with Gasteiger partial charge in [-0.2, -0.15) is 0 Å². The molecule has 0 amide bonds. The molecule has 0 unspecified atom stereocenters. The number of thiazole rings is 1. The van der Waals surface area contributed by atoms with E-state index in [-0.39, 0.29) is 11.7 Å². The number of aromatic nitrogens is 1. The first kappa shape index (κ1) is 15.0. The zero-order chi connectivity index (χ0) is 15.5. The zero-order valence-corrected chi connectivity index (χ0v) is 12.6. The van der Waals surface area contributed by atoms with Crippen molar-refractivity contribution < 1.29 is 19.7 Å². The molecule has 0 radical (unpaired) electrons. The lowest BCUT2D eigenvalue weighted by Gasteiger charge is -2.17. The zero-order valence-electron chi connectivity index (χ0n) is 11.8. The van der Waals surface area contributed by atoms with Gasteiger partial charge in [0.1, 0.15) is 18.0 Å². The first-order chi connectivity index (χ1) is 10.6. The molecule has 1 aromatic heterocycles. The molecule has 2 aromatic rings. The Balaban J connectivity index is 1.59. The van der Waals surface area contributed by atoms with E-state index in [2.05, 4.69) is 9.88 Å². The van der Waals surface area contributed by atoms with E-state index in [0.29, 0.717) is 25.4 Å². The monoisotopic (exact) mass is 320 g/mol. The largest absolute Gasteiger partial charge is 0.486 e. The van der Waals surface area contributed by atoms with Gasteiger partial charge < -0.3 is 14.9 Å². The maximum absolute atomic E-state index is 10.8. The number of nitrogens with zero attached hydrogens (tertiary/aromatic N) is 2. The summed E-state index contributed by atoms with van der Waals surface area (Å²) < 4.78 is 5.77. The van der Waals surface area contributed by atoms with Crippen molar-refractivity contribution in [1.82, 2.24) is 9.88 Å². The minimum atomic E-state index is -0.970. The summed E-state index contributed by atoms with van der Waals surface area (Å²) in [5, 5.41) is 21.0. The van der Waals surface area contributed by atoms with E-state index in [1.165, 1.54) is 12.1 Å². The molecule has 0 spiro atoms. The van der Waals surface area contributed by atoms with Gasteiger partial charge in [-0.1, -0.05) is 0 Å². The van der Waals surface area contributed by atoms with E-state index < -0.39 is 12.1 Å². The van der Waals surface area contributed by atoms with Crippen molar-refractivity contribution in [3.05, 3.63) is 46.4 Å². The van der Waals surface area contributed by atoms with Crippen LogP contribution in [0.25, 0.3) is 0 Å². The van der Waals surface area contributed by atoms with Gasteiger partial charge in [0.25, 0.3) is 0 Å². The van der Waals surface area contributed by atoms with Crippen LogP contribution in [0.15, 0.2) is 35.2 Å². The third-order valence-electron chi connectivity index (χ3n) is 3.57. The third kappa shape index (κ3) is 3.44. The number of aromatic carboxylic acids is 1. The van der Waals surface area contributed by atoms with E-state index in [9.17, 15) is 9.90 Å². The first-order valence-electron chi connectivity index (χ1n) is 6.89. The van der Waals surface area contributed by atoms with Crippen LogP contribution >= 0.6 is 11.3 Å². The van der Waals surface area contributed by atoms with Crippen LogP contribution < -0.4 is 4.74 Å². The van der Waals surface area contributed by atoms with Crippen molar-refractivity contribution in [1.29, 1.82) is 0 Å². The molecule has 2 atom stereocenters. The topological polar surface area (TPSA) is 82.9 Å². The predicted octanol–water partition coefficient (Wildman–Crippen LogP) is 1.47. The third-order valence-corrected chi connectivity index (χ3v) is 4.21. The van der Waals surface area contributed by atoms with Gasteiger partial charge in [0.15, 0.2) is 0 Å². The average molecular weight is 320 g/mol. The molecule has 1 aliphatic rings. The summed E-state index contributed by atoms with van der Waals surface area (Å²) in [6.07, 6.45) is -0.896. The Labute approximate surface area is 131 Å². The van der Waals surface area contributed by atoms with Gasteiger partial charge in [0, 0.05) is 25.0 Å². The SMILES string of the molecule is O=C(O)c1ccc(O[C@@H]2CN(Cc3cscn3)C[C@H]2O)cc1. The molecule has 0 bridgehead atoms. The predicted molar refractivity (Wildman–Crippen MR) is 81.2 cm³/mol. The highest BCUT2D eigenvalue weighted by Crippen LogP contribution is 2.21. The van der Waals surface area contributed by atoms with E-state index >= 15 is 0 Å². The summed E-state index contributed by atoms with van der Waals surface area (Å²) in [7, 11) is 0. The van der Waals surface area contributed by atoms with Gasteiger partial charge in [0.2, 0.25) is 0 Å². The fourth-order valence-electron chi connectivity index (χ4n) is 2.47. The Kier molecular flexibility index (Phi) is 4.37. The highest BCUT2D eigenvalue weighted by Gasteiger charge is 2.33. The molecule has 0 saturated carbocycles. The summed E-state index contributed by atoms with van der Waals surface area (Å²) >= 11 is 1.55. The second-order valence-electron chi connectivity index (χ2n) is 5.23. The molecule has 1 saturated heterocycles. The molecule has 6 nitrogen and oxygen atoms in total. The number of aliphatic hydroxyl groups is 1. The molecule has 3 rings (SSSR count). The molecule has 0 aliphatic carbocycles. The second-order valence-corrected chi connectivity index (χ2v) is 5.95. The van der Waals surface area contributed by atoms with Crippen LogP contribution in [0.4, 0.5) is 0 Å². The lowest BCUT2D eigenvalue weighted by molar-refractivity contribution is 0.0693. The van der Waals surface area contributed by atoms with Crippen LogP contribution in [-0.4, -0.2) is 51.4 Å². The van der Waals surface area contributed by atoms with Gasteiger partial charge in [-0.25, -0.2) is 9.78 Å². The Morgan fingerprint density at radius 2 is 2.14 bits per heavy atom. The maximum Gasteiger partial charge on any atom is 0.335 e. The van der Waals surface area contributed by atoms with E-state index in [1.54, 1.807) is 29.0 Å². The molecule has 1 aromatic carbocycles. The Hall–Kier alpha value is -1.96. The Morgan fingerprint density at radius 1 is 1.36 bits per heavy atom. The molecule has 116 valence electrons. The van der Waals surface area contributed by atoms with Crippen LogP contribution in [-0.2, 0) is 6.54 Å². The second kappa shape index (κ2) is 6.43. The van der Waals surface area contributed by atoms with Crippen molar-refractivity contribution in [2.45, 2.75) is 18.8 Å². The quantitative estimate of drug-likeness (QED) is 0.868. The van der Waals surface area contributed by atoms with E-state index in [1.807, 2.05) is 5.38 Å². The van der Waals surface area contributed by atoms with Crippen molar-refractivity contribution >= 4 is 17.3 Å². The number of benzene rings is 1. The number of likely N-dealkylation sites (tertiary alicyclic amines) is 1. The van der Waals surface area contributed by atoms with Gasteiger partial charge in [-0.05, 0) is 24.3 Å². The molecule has 2 heterocycles. The number of hydrogen-bond acceptors (Lipinski definition) is 6. The van der Waals surface area contributed by atoms with Crippen LogP contribution in [0.5, 0.6) is 5.75 Å². The normalized spacial score (nSPS) is 21.9. The Morgan fingerprint density at radius 3 is 2.77 bits per heavy atom. The fraction of sp³-hybridized carbons (Fsp3) is 0.333. The fourth-order valence-corrected chi connectivity index (χ4v) is 3.02. The Bertz CT molecular complexity index is 630. The van der Waals surface area contributed by atoms with Crippen LogP contribution in [0.3, 0.4) is 0 Å². The number of aliphatic hydroxyl groups excluding tert-OH is 1. The summed E-state index contributed by atoms with van der Waals surface area (Å²) in [6.45, 7) is 1.84. The summed E-state index contributed by atoms with van der Waals surface area (Å²) in [4.78, 5) is 17.1. The van der Waals surface area contributed by atoms with Crippen molar-refractivity contribution in [2.24, 2.45) is 0 Å². The number of hydrogen-bond donors (Lipinski definition) is 2. The van der Waals surface area contributed by atoms with Crippen molar-refractivity contribution in [3.8, 4) is 5.75 Å². The van der Waals surface area contributed by atoms with Gasteiger partial charge >= 0.3 is 5.97 Å². The number of ether oxygens (including phenoxy) is 1. The minimum absolute atomic E-state index is 0.212. The highest BCUT2D eigenvalue weighted by atomic mass is 32.1.